The van der Waals surface area contributed by atoms with Gasteiger partial charge in [0.2, 0.25) is 0 Å². The van der Waals surface area contributed by atoms with Gasteiger partial charge in [-0.2, -0.15) is 0 Å². The zero-order valence-corrected chi connectivity index (χ0v) is 20.3. The van der Waals surface area contributed by atoms with E-state index in [0.717, 1.165) is 36.5 Å². The summed E-state index contributed by atoms with van der Waals surface area (Å²) in [6.07, 6.45) is 2.27. The van der Waals surface area contributed by atoms with E-state index >= 15 is 0 Å². The summed E-state index contributed by atoms with van der Waals surface area (Å²) in [7, 11) is 3.87. The predicted molar refractivity (Wildman–Crippen MR) is 131 cm³/mol. The normalized spacial score (nSPS) is 19.8. The molecule has 30 heavy (non-hydrogen) atoms. The molecule has 1 heterocycles. The van der Waals surface area contributed by atoms with Crippen molar-refractivity contribution in [3.8, 4) is 5.75 Å². The van der Waals surface area contributed by atoms with Crippen LogP contribution in [0.2, 0.25) is 5.02 Å². The fraction of sp³-hybridized carbons (Fsp3) is 0.409. The van der Waals surface area contributed by atoms with E-state index < -0.39 is 5.82 Å². The monoisotopic (exact) mass is 546 g/mol. The lowest BCUT2D eigenvalue weighted by Crippen LogP contribution is -2.44. The molecule has 0 aromatic heterocycles. The third-order valence-corrected chi connectivity index (χ3v) is 5.66. The fourth-order valence-electron chi connectivity index (χ4n) is 3.99. The highest BCUT2D eigenvalue weighted by Gasteiger charge is 2.30. The van der Waals surface area contributed by atoms with E-state index in [1.165, 1.54) is 17.7 Å². The van der Waals surface area contributed by atoms with Gasteiger partial charge < -0.3 is 15.7 Å². The second kappa shape index (κ2) is 11.7. The van der Waals surface area contributed by atoms with Gasteiger partial charge in [-0.1, -0.05) is 29.8 Å². The highest BCUT2D eigenvalue weighted by Crippen LogP contribution is 2.35. The molecular weight excluding hydrogens is 518 g/mol. The number of nitrogens with one attached hydrogen (secondary N) is 2. The van der Waals surface area contributed by atoms with Crippen molar-refractivity contribution in [1.82, 2.24) is 15.5 Å². The van der Waals surface area contributed by atoms with Gasteiger partial charge in [-0.3, -0.25) is 9.89 Å². The Labute approximate surface area is 199 Å². The van der Waals surface area contributed by atoms with E-state index in [1.54, 1.807) is 13.1 Å². The Morgan fingerprint density at radius 1 is 1.27 bits per heavy atom. The summed E-state index contributed by atoms with van der Waals surface area (Å²) in [5.41, 5.74) is 1.96. The van der Waals surface area contributed by atoms with Crippen molar-refractivity contribution in [2.45, 2.75) is 25.4 Å². The average Bonchev–Trinajstić information content (AvgIpc) is 2.70. The number of aromatic hydroxyl groups is 1. The van der Waals surface area contributed by atoms with Crippen molar-refractivity contribution in [1.29, 1.82) is 0 Å². The summed E-state index contributed by atoms with van der Waals surface area (Å²) in [4.78, 5) is 6.66. The number of guanidine groups is 1. The molecule has 1 fully saturated rings. The fourth-order valence-corrected chi connectivity index (χ4v) is 4.18. The molecular formula is C22H29ClFIN4O. The van der Waals surface area contributed by atoms with Crippen molar-refractivity contribution in [3.63, 3.8) is 0 Å². The number of halogens is 3. The lowest BCUT2D eigenvalue weighted by molar-refractivity contribution is 0.122. The van der Waals surface area contributed by atoms with Crippen LogP contribution in [0.5, 0.6) is 5.75 Å². The first-order valence-corrected chi connectivity index (χ1v) is 10.2. The van der Waals surface area contributed by atoms with Crippen LogP contribution < -0.4 is 10.6 Å². The number of benzene rings is 2. The molecule has 3 rings (SSSR count). The summed E-state index contributed by atoms with van der Waals surface area (Å²) < 4.78 is 13.5. The van der Waals surface area contributed by atoms with E-state index in [9.17, 15) is 9.50 Å². The Hall–Kier alpha value is -1.58. The summed E-state index contributed by atoms with van der Waals surface area (Å²) in [6.45, 7) is 2.25. The Bertz CT molecular complexity index is 867. The Morgan fingerprint density at radius 2 is 2.07 bits per heavy atom. The molecule has 0 spiro atoms. The molecule has 0 aliphatic carbocycles. The Balaban J connectivity index is 0.00000320. The number of hydrogen-bond donors (Lipinski definition) is 3. The minimum atomic E-state index is -0.623. The lowest BCUT2D eigenvalue weighted by Gasteiger charge is -2.40. The minimum absolute atomic E-state index is 0. The third-order valence-electron chi connectivity index (χ3n) is 5.42. The maximum Gasteiger partial charge on any atom is 0.191 e. The van der Waals surface area contributed by atoms with Crippen molar-refractivity contribution >= 4 is 41.5 Å². The van der Waals surface area contributed by atoms with Crippen LogP contribution in [-0.2, 0) is 6.54 Å². The van der Waals surface area contributed by atoms with Gasteiger partial charge in [0.15, 0.2) is 17.5 Å². The van der Waals surface area contributed by atoms with Gasteiger partial charge in [-0.25, -0.2) is 4.39 Å². The van der Waals surface area contributed by atoms with Gasteiger partial charge >= 0.3 is 0 Å². The topological polar surface area (TPSA) is 59.9 Å². The number of phenols is 1. The maximum atomic E-state index is 13.5. The number of likely N-dealkylation sites (tertiary alicyclic amines) is 1. The second-order valence-corrected chi connectivity index (χ2v) is 7.91. The van der Waals surface area contributed by atoms with Crippen LogP contribution in [0.4, 0.5) is 4.39 Å². The van der Waals surface area contributed by atoms with E-state index in [4.69, 9.17) is 11.6 Å². The van der Waals surface area contributed by atoms with Crippen LogP contribution in [-0.4, -0.2) is 43.2 Å². The first-order chi connectivity index (χ1) is 14.0. The maximum absolute atomic E-state index is 13.5. The molecule has 0 radical (unpaired) electrons. The quantitative estimate of drug-likeness (QED) is 0.293. The molecule has 2 atom stereocenters. The van der Waals surface area contributed by atoms with Gasteiger partial charge in [0.05, 0.1) is 0 Å². The van der Waals surface area contributed by atoms with Crippen molar-refractivity contribution in [3.05, 3.63) is 64.4 Å². The minimum Gasteiger partial charge on any atom is -0.505 e. The zero-order chi connectivity index (χ0) is 20.8. The largest absolute Gasteiger partial charge is 0.505 e. The van der Waals surface area contributed by atoms with E-state index in [0.29, 0.717) is 24.5 Å². The zero-order valence-electron chi connectivity index (χ0n) is 17.2. The van der Waals surface area contributed by atoms with Crippen LogP contribution in [0.15, 0.2) is 47.5 Å². The summed E-state index contributed by atoms with van der Waals surface area (Å²) in [5.74, 6) is 0.111. The van der Waals surface area contributed by atoms with Crippen LogP contribution in [0.25, 0.3) is 0 Å². The molecule has 2 aromatic carbocycles. The molecule has 1 saturated heterocycles. The van der Waals surface area contributed by atoms with Gasteiger partial charge in [0, 0.05) is 31.2 Å². The lowest BCUT2D eigenvalue weighted by atomic mass is 9.85. The van der Waals surface area contributed by atoms with E-state index in [1.807, 2.05) is 18.2 Å². The van der Waals surface area contributed by atoms with Gasteiger partial charge in [0.1, 0.15) is 0 Å². The number of hydrogen-bond acceptors (Lipinski definition) is 3. The van der Waals surface area contributed by atoms with Crippen LogP contribution >= 0.6 is 35.6 Å². The smallest absolute Gasteiger partial charge is 0.191 e. The molecule has 0 bridgehead atoms. The number of nitrogens with zero attached hydrogens (tertiary/aromatic N) is 2. The molecule has 2 aromatic rings. The highest BCUT2D eigenvalue weighted by molar-refractivity contribution is 14.0. The SMILES string of the molecule is CN=C(NCc1ccc(O)c(F)c1)NCC1CCCN(C)C1c1cccc(Cl)c1.I. The van der Waals surface area contributed by atoms with Crippen molar-refractivity contribution in [2.75, 3.05) is 27.2 Å². The molecule has 0 saturated carbocycles. The first-order valence-electron chi connectivity index (χ1n) is 9.85. The third kappa shape index (κ3) is 6.46. The van der Waals surface area contributed by atoms with E-state index in [2.05, 4.69) is 33.6 Å². The summed E-state index contributed by atoms with van der Waals surface area (Å²) in [5, 5.41) is 16.7. The number of piperidine rings is 1. The number of phenolic OH excluding ortho intramolecular Hbond substituents is 1. The molecule has 0 amide bonds. The average molecular weight is 547 g/mol. The number of aliphatic imine (C=N–C) groups is 1. The molecule has 1 aliphatic rings. The highest BCUT2D eigenvalue weighted by atomic mass is 127. The number of rotatable bonds is 5. The van der Waals surface area contributed by atoms with Crippen molar-refractivity contribution < 1.29 is 9.50 Å². The molecule has 3 N–H and O–H groups in total. The summed E-state index contributed by atoms with van der Waals surface area (Å²) >= 11 is 6.22. The van der Waals surface area contributed by atoms with Crippen molar-refractivity contribution in [2.24, 2.45) is 10.9 Å². The van der Waals surface area contributed by atoms with E-state index in [-0.39, 0.29) is 29.7 Å². The van der Waals surface area contributed by atoms with Gasteiger partial charge in [-0.15, -0.1) is 24.0 Å². The Kier molecular flexibility index (Phi) is 9.64. The predicted octanol–water partition coefficient (Wildman–Crippen LogP) is 4.55. The molecule has 5 nitrogen and oxygen atoms in total. The molecule has 8 heteroatoms. The van der Waals surface area contributed by atoms with Crippen LogP contribution in [0.3, 0.4) is 0 Å². The standard InChI is InChI=1S/C22H28ClFN4O.HI/c1-25-22(26-13-15-8-9-20(29)19(24)11-15)27-14-17-6-4-10-28(2)21(17)16-5-3-7-18(23)12-16;/h3,5,7-9,11-12,17,21,29H,4,6,10,13-14H2,1-2H3,(H2,25,26,27);1H. The first kappa shape index (κ1) is 24.7. The molecule has 2 unspecified atom stereocenters. The second-order valence-electron chi connectivity index (χ2n) is 7.48. The summed E-state index contributed by atoms with van der Waals surface area (Å²) in [6, 6.07) is 12.7. The van der Waals surface area contributed by atoms with Crippen LogP contribution in [0, 0.1) is 11.7 Å². The van der Waals surface area contributed by atoms with Crippen LogP contribution in [0.1, 0.15) is 30.0 Å². The Morgan fingerprint density at radius 3 is 2.77 bits per heavy atom. The molecule has 164 valence electrons. The van der Waals surface area contributed by atoms with Gasteiger partial charge in [0.25, 0.3) is 0 Å². The molecule has 1 aliphatic heterocycles. The van der Waals surface area contributed by atoms with Gasteiger partial charge in [-0.05, 0) is 67.7 Å².